The van der Waals surface area contributed by atoms with Crippen molar-refractivity contribution in [2.24, 2.45) is 0 Å². The van der Waals surface area contributed by atoms with Gasteiger partial charge in [-0.15, -0.1) is 11.3 Å². The van der Waals surface area contributed by atoms with E-state index in [0.29, 0.717) is 0 Å². The van der Waals surface area contributed by atoms with E-state index in [0.717, 1.165) is 22.7 Å². The molecule has 3 aromatic heterocycles. The number of benzene rings is 9. The van der Waals surface area contributed by atoms with Gasteiger partial charge in [-0.2, -0.15) is 0 Å². The van der Waals surface area contributed by atoms with Crippen molar-refractivity contribution in [1.82, 2.24) is 9.13 Å². The van der Waals surface area contributed by atoms with Crippen LogP contribution >= 0.6 is 11.3 Å². The van der Waals surface area contributed by atoms with Crippen LogP contribution in [0.2, 0.25) is 0 Å². The highest BCUT2D eigenvalue weighted by atomic mass is 32.1. The third-order valence-electron chi connectivity index (χ3n) is 11.7. The predicted molar refractivity (Wildman–Crippen MR) is 248 cm³/mol. The van der Waals surface area contributed by atoms with Crippen LogP contribution in [-0.2, 0) is 0 Å². The standard InChI is InChI=1S/C54H35N3S/c1-2-13-38(14-3-1)56-49-21-10-6-17-44(49)46-35-41(33-34-50(46)56)55(51-22-12-24-53-54(51)45-18-7-11-23-52(45)58-53)39-29-25-36(26-30-39)37-27-31-40(32-28-37)57-47-19-8-4-15-42(47)43-16-5-9-20-48(43)57/h1-35H. The van der Waals surface area contributed by atoms with Gasteiger partial charge in [-0.05, 0) is 102 Å². The molecule has 0 aliphatic rings. The second kappa shape index (κ2) is 13.1. The molecule has 0 N–H and O–H groups in total. The number of rotatable bonds is 6. The smallest absolute Gasteiger partial charge is 0.0554 e. The Bertz CT molecular complexity index is 3440. The van der Waals surface area contributed by atoms with E-state index in [9.17, 15) is 0 Å². The van der Waals surface area contributed by atoms with E-state index in [1.54, 1.807) is 0 Å². The van der Waals surface area contributed by atoms with E-state index in [-0.39, 0.29) is 0 Å². The van der Waals surface area contributed by atoms with Crippen LogP contribution in [0.4, 0.5) is 17.1 Å². The SMILES string of the molecule is c1ccc(-n2c3ccccc3c3cc(N(c4ccc(-c5ccc(-n6c7ccccc7c7ccccc76)cc5)cc4)c4cccc5sc6ccccc6c45)ccc32)cc1. The van der Waals surface area contributed by atoms with E-state index < -0.39 is 0 Å². The molecule has 0 bridgehead atoms. The molecule has 0 amide bonds. The molecule has 3 nitrogen and oxygen atoms in total. The Balaban J connectivity index is 0.999. The molecular formula is C54H35N3S. The fourth-order valence-electron chi connectivity index (χ4n) is 9.13. The zero-order valence-electron chi connectivity index (χ0n) is 31.5. The zero-order chi connectivity index (χ0) is 38.2. The lowest BCUT2D eigenvalue weighted by atomic mass is 10.0. The number of thiophene rings is 1. The van der Waals surface area contributed by atoms with Crippen LogP contribution in [-0.4, -0.2) is 9.13 Å². The van der Waals surface area contributed by atoms with Crippen molar-refractivity contribution in [3.8, 4) is 22.5 Å². The number of para-hydroxylation sites is 4. The van der Waals surface area contributed by atoms with Crippen LogP contribution in [0, 0.1) is 0 Å². The fourth-order valence-corrected chi connectivity index (χ4v) is 10.3. The van der Waals surface area contributed by atoms with Crippen LogP contribution in [0.3, 0.4) is 0 Å². The number of anilines is 3. The average molecular weight is 758 g/mol. The lowest BCUT2D eigenvalue weighted by molar-refractivity contribution is 1.18. The quantitative estimate of drug-likeness (QED) is 0.165. The Labute approximate surface area is 339 Å². The molecule has 0 spiro atoms. The molecule has 0 unspecified atom stereocenters. The molecule has 0 saturated carbocycles. The summed E-state index contributed by atoms with van der Waals surface area (Å²) >= 11 is 1.86. The van der Waals surface area contributed by atoms with Crippen LogP contribution in [0.25, 0.3) is 86.3 Å². The van der Waals surface area contributed by atoms with Gasteiger partial charge in [-0.25, -0.2) is 0 Å². The van der Waals surface area contributed by atoms with Gasteiger partial charge >= 0.3 is 0 Å². The summed E-state index contributed by atoms with van der Waals surface area (Å²) in [4.78, 5) is 2.45. The van der Waals surface area contributed by atoms with Crippen molar-refractivity contribution in [3.05, 3.63) is 212 Å². The van der Waals surface area contributed by atoms with Crippen molar-refractivity contribution in [3.63, 3.8) is 0 Å². The molecule has 0 atom stereocenters. The summed E-state index contributed by atoms with van der Waals surface area (Å²) in [6.07, 6.45) is 0. The van der Waals surface area contributed by atoms with E-state index >= 15 is 0 Å². The summed E-state index contributed by atoms with van der Waals surface area (Å²) in [6.45, 7) is 0. The highest BCUT2D eigenvalue weighted by molar-refractivity contribution is 7.26. The van der Waals surface area contributed by atoms with E-state index in [1.165, 1.54) is 80.6 Å². The van der Waals surface area contributed by atoms with Crippen molar-refractivity contribution < 1.29 is 0 Å². The molecular weight excluding hydrogens is 723 g/mol. The number of hydrogen-bond donors (Lipinski definition) is 0. The third-order valence-corrected chi connectivity index (χ3v) is 12.9. The molecule has 58 heavy (non-hydrogen) atoms. The Morgan fingerprint density at radius 1 is 0.328 bits per heavy atom. The van der Waals surface area contributed by atoms with Gasteiger partial charge in [0.1, 0.15) is 0 Å². The van der Waals surface area contributed by atoms with Crippen molar-refractivity contribution >= 4 is 92.2 Å². The minimum Gasteiger partial charge on any atom is -0.310 e. The molecule has 0 saturated heterocycles. The molecule has 4 heteroatoms. The number of nitrogens with zero attached hydrogens (tertiary/aromatic N) is 3. The van der Waals surface area contributed by atoms with Crippen molar-refractivity contribution in [2.45, 2.75) is 0 Å². The molecule has 12 rings (SSSR count). The third kappa shape index (κ3) is 5.05. The van der Waals surface area contributed by atoms with Crippen molar-refractivity contribution in [2.75, 3.05) is 4.90 Å². The maximum absolute atomic E-state index is 2.45. The van der Waals surface area contributed by atoms with Gasteiger partial charge in [0.15, 0.2) is 0 Å². The Hall–Kier alpha value is -7.40. The van der Waals surface area contributed by atoms with Gasteiger partial charge in [-0.3, -0.25) is 0 Å². The number of fused-ring (bicyclic) bond motifs is 9. The molecule has 272 valence electrons. The first-order valence-electron chi connectivity index (χ1n) is 19.8. The maximum atomic E-state index is 2.45. The van der Waals surface area contributed by atoms with Gasteiger partial charge in [-0.1, -0.05) is 121 Å². The number of aromatic nitrogens is 2. The highest BCUT2D eigenvalue weighted by Gasteiger charge is 2.21. The van der Waals surface area contributed by atoms with Gasteiger partial charge in [0, 0.05) is 64.5 Å². The molecule has 0 fully saturated rings. The first kappa shape index (κ1) is 32.8. The fraction of sp³-hybridized carbons (Fsp3) is 0. The van der Waals surface area contributed by atoms with Crippen molar-refractivity contribution in [1.29, 1.82) is 0 Å². The Kier molecular flexibility index (Phi) is 7.40. The van der Waals surface area contributed by atoms with Crippen LogP contribution in [0.5, 0.6) is 0 Å². The van der Waals surface area contributed by atoms with Gasteiger partial charge in [0.2, 0.25) is 0 Å². The van der Waals surface area contributed by atoms with Gasteiger partial charge in [0.05, 0.1) is 27.8 Å². The van der Waals surface area contributed by atoms with Gasteiger partial charge in [0.25, 0.3) is 0 Å². The highest BCUT2D eigenvalue weighted by Crippen LogP contribution is 2.46. The first-order valence-corrected chi connectivity index (χ1v) is 20.6. The molecule has 9 aromatic carbocycles. The molecule has 0 aliphatic carbocycles. The summed E-state index contributed by atoms with van der Waals surface area (Å²) in [5, 5.41) is 7.57. The minimum atomic E-state index is 1.11. The predicted octanol–water partition coefficient (Wildman–Crippen LogP) is 15.4. The van der Waals surface area contributed by atoms with E-state index in [1.807, 2.05) is 11.3 Å². The summed E-state index contributed by atoms with van der Waals surface area (Å²) in [5.41, 5.74) is 12.9. The lowest BCUT2D eigenvalue weighted by Crippen LogP contribution is -2.10. The average Bonchev–Trinajstić information content (AvgIpc) is 3.95. The maximum Gasteiger partial charge on any atom is 0.0554 e. The molecule has 0 aliphatic heterocycles. The second-order valence-electron chi connectivity index (χ2n) is 14.9. The topological polar surface area (TPSA) is 13.1 Å². The monoisotopic (exact) mass is 757 g/mol. The summed E-state index contributed by atoms with van der Waals surface area (Å²) in [7, 11) is 0. The second-order valence-corrected chi connectivity index (χ2v) is 16.0. The lowest BCUT2D eigenvalue weighted by Gasteiger charge is -2.27. The Morgan fingerprint density at radius 2 is 0.810 bits per heavy atom. The van der Waals surface area contributed by atoms with E-state index in [4.69, 9.17) is 0 Å². The van der Waals surface area contributed by atoms with Crippen LogP contribution in [0.15, 0.2) is 212 Å². The zero-order valence-corrected chi connectivity index (χ0v) is 32.3. The van der Waals surface area contributed by atoms with Crippen LogP contribution < -0.4 is 4.90 Å². The summed E-state index contributed by atoms with van der Waals surface area (Å²) in [5.74, 6) is 0. The largest absolute Gasteiger partial charge is 0.310 e. The minimum absolute atomic E-state index is 1.11. The molecule has 12 aromatic rings. The van der Waals surface area contributed by atoms with Gasteiger partial charge < -0.3 is 14.0 Å². The normalized spacial score (nSPS) is 11.8. The molecule has 0 radical (unpaired) electrons. The van der Waals surface area contributed by atoms with Crippen LogP contribution in [0.1, 0.15) is 0 Å². The Morgan fingerprint density at radius 3 is 1.47 bits per heavy atom. The number of hydrogen-bond acceptors (Lipinski definition) is 2. The summed E-state index contributed by atoms with van der Waals surface area (Å²) < 4.78 is 7.34. The van der Waals surface area contributed by atoms with E-state index in [2.05, 4.69) is 226 Å². The molecule has 3 heterocycles. The summed E-state index contributed by atoms with van der Waals surface area (Å²) in [6, 6.07) is 77.4. The first-order chi connectivity index (χ1) is 28.8.